The van der Waals surface area contributed by atoms with Gasteiger partial charge in [-0.25, -0.2) is 9.78 Å². The summed E-state index contributed by atoms with van der Waals surface area (Å²) in [6, 6.07) is 6.30. The lowest BCUT2D eigenvalue weighted by molar-refractivity contribution is 0.0660. The van der Waals surface area contributed by atoms with Gasteiger partial charge >= 0.3 is 5.97 Å². The van der Waals surface area contributed by atoms with Gasteiger partial charge in [-0.15, -0.1) is 0 Å². The molecule has 0 aliphatic carbocycles. The number of carboxylic acid groups (broad SMARTS) is 1. The third-order valence-electron chi connectivity index (χ3n) is 2.88. The lowest BCUT2D eigenvalue weighted by atomic mass is 10.0. The summed E-state index contributed by atoms with van der Waals surface area (Å²) < 4.78 is 5.13. The fourth-order valence-electron chi connectivity index (χ4n) is 1.84. The highest BCUT2D eigenvalue weighted by Gasteiger charge is 2.10. The summed E-state index contributed by atoms with van der Waals surface area (Å²) in [4.78, 5) is 14.6. The van der Waals surface area contributed by atoms with Crippen LogP contribution in [-0.4, -0.2) is 16.1 Å². The highest BCUT2D eigenvalue weighted by molar-refractivity contribution is 5.83. The van der Waals surface area contributed by atoms with Crippen LogP contribution in [0.4, 0.5) is 0 Å². The molecule has 0 spiro atoms. The quantitative estimate of drug-likeness (QED) is 0.899. The summed E-state index contributed by atoms with van der Waals surface area (Å²) in [5, 5.41) is 8.73. The number of rotatable bonds is 4. The van der Waals surface area contributed by atoms with E-state index in [2.05, 4.69) is 37.0 Å². The number of carbonyl (C=O) groups is 1. The van der Waals surface area contributed by atoms with Gasteiger partial charge in [0.15, 0.2) is 5.89 Å². The average Bonchev–Trinajstić information content (AvgIpc) is 2.79. The number of oxazole rings is 1. The van der Waals surface area contributed by atoms with Gasteiger partial charge in [0.05, 0.1) is 6.20 Å². The lowest BCUT2D eigenvalue weighted by Gasteiger charge is -2.05. The number of aromatic nitrogens is 1. The molecule has 1 heterocycles. The first kappa shape index (κ1) is 12.4. The van der Waals surface area contributed by atoms with Crippen LogP contribution in [0.2, 0.25) is 0 Å². The Morgan fingerprint density at radius 3 is 2.78 bits per heavy atom. The van der Waals surface area contributed by atoms with E-state index in [0.29, 0.717) is 12.3 Å². The number of aryl methyl sites for hydroxylation is 4. The van der Waals surface area contributed by atoms with Crippen LogP contribution in [-0.2, 0) is 12.8 Å². The molecule has 1 aromatic carbocycles. The van der Waals surface area contributed by atoms with Gasteiger partial charge in [0, 0.05) is 6.42 Å². The van der Waals surface area contributed by atoms with Crippen molar-refractivity contribution in [2.45, 2.75) is 26.7 Å². The largest absolute Gasteiger partial charge is 0.475 e. The van der Waals surface area contributed by atoms with Crippen molar-refractivity contribution in [1.29, 1.82) is 0 Å². The monoisotopic (exact) mass is 245 g/mol. The highest BCUT2D eigenvalue weighted by Crippen LogP contribution is 2.14. The molecule has 0 aliphatic heterocycles. The second-order valence-electron chi connectivity index (χ2n) is 4.35. The molecule has 1 N–H and O–H groups in total. The zero-order valence-electron chi connectivity index (χ0n) is 10.4. The smallest absolute Gasteiger partial charge is 0.373 e. The number of aromatic carboxylic acids is 1. The standard InChI is InChI=1S/C14H15NO3/c1-9-3-4-10(2)11(7-9)5-6-13-15-8-12(18-13)14(16)17/h3-4,7-8H,5-6H2,1-2H3,(H,16,17). The molecule has 0 unspecified atom stereocenters. The van der Waals surface area contributed by atoms with Gasteiger partial charge < -0.3 is 9.52 Å². The van der Waals surface area contributed by atoms with Crippen molar-refractivity contribution in [1.82, 2.24) is 4.98 Å². The summed E-state index contributed by atoms with van der Waals surface area (Å²) in [5.41, 5.74) is 3.69. The molecule has 0 fully saturated rings. The number of hydrogen-bond acceptors (Lipinski definition) is 3. The molecule has 0 bridgehead atoms. The van der Waals surface area contributed by atoms with Crippen molar-refractivity contribution < 1.29 is 14.3 Å². The van der Waals surface area contributed by atoms with Crippen LogP contribution in [0.5, 0.6) is 0 Å². The minimum absolute atomic E-state index is 0.106. The first-order valence-electron chi connectivity index (χ1n) is 5.80. The Kier molecular flexibility index (Phi) is 3.46. The Balaban J connectivity index is 2.06. The third kappa shape index (κ3) is 2.77. The van der Waals surface area contributed by atoms with Crippen molar-refractivity contribution in [2.75, 3.05) is 0 Å². The van der Waals surface area contributed by atoms with Crippen molar-refractivity contribution in [3.63, 3.8) is 0 Å². The van der Waals surface area contributed by atoms with Crippen molar-refractivity contribution in [2.24, 2.45) is 0 Å². The molecule has 4 heteroatoms. The zero-order chi connectivity index (χ0) is 13.1. The number of benzene rings is 1. The van der Waals surface area contributed by atoms with Crippen LogP contribution < -0.4 is 0 Å². The first-order valence-corrected chi connectivity index (χ1v) is 5.80. The van der Waals surface area contributed by atoms with Crippen molar-refractivity contribution in [3.8, 4) is 0 Å². The van der Waals surface area contributed by atoms with E-state index in [1.165, 1.54) is 22.9 Å². The molecule has 4 nitrogen and oxygen atoms in total. The van der Waals surface area contributed by atoms with Gasteiger partial charge in [-0.2, -0.15) is 0 Å². The predicted molar refractivity (Wildman–Crippen MR) is 66.8 cm³/mol. The van der Waals surface area contributed by atoms with Gasteiger partial charge in [-0.3, -0.25) is 0 Å². The number of nitrogens with zero attached hydrogens (tertiary/aromatic N) is 1. The van der Waals surface area contributed by atoms with E-state index in [1.54, 1.807) is 0 Å². The molecule has 0 amide bonds. The van der Waals surface area contributed by atoms with E-state index in [1.807, 2.05) is 0 Å². The molecule has 94 valence electrons. The molecule has 0 radical (unpaired) electrons. The van der Waals surface area contributed by atoms with Crippen molar-refractivity contribution >= 4 is 5.97 Å². The van der Waals surface area contributed by atoms with E-state index < -0.39 is 5.97 Å². The predicted octanol–water partition coefficient (Wildman–Crippen LogP) is 2.77. The minimum atomic E-state index is -1.08. The van der Waals surface area contributed by atoms with Crippen LogP contribution in [0.25, 0.3) is 0 Å². The molecule has 2 rings (SSSR count). The maximum atomic E-state index is 10.7. The number of carboxylic acids is 1. The average molecular weight is 245 g/mol. The summed E-state index contributed by atoms with van der Waals surface area (Å²) in [7, 11) is 0. The third-order valence-corrected chi connectivity index (χ3v) is 2.88. The summed E-state index contributed by atoms with van der Waals surface area (Å²) in [6.07, 6.45) is 2.66. The first-order chi connectivity index (χ1) is 8.56. The van der Waals surface area contributed by atoms with E-state index in [0.717, 1.165) is 6.42 Å². The molecule has 2 aromatic rings. The van der Waals surface area contributed by atoms with E-state index >= 15 is 0 Å². The molecular formula is C14H15NO3. The van der Waals surface area contributed by atoms with Crippen molar-refractivity contribution in [3.05, 3.63) is 52.7 Å². The van der Waals surface area contributed by atoms with Crippen LogP contribution >= 0.6 is 0 Å². The molecule has 0 saturated heterocycles. The second kappa shape index (κ2) is 5.04. The maximum absolute atomic E-state index is 10.7. The van der Waals surface area contributed by atoms with Crippen LogP contribution in [0, 0.1) is 13.8 Å². The van der Waals surface area contributed by atoms with Gasteiger partial charge in [-0.1, -0.05) is 23.8 Å². The fraction of sp³-hybridized carbons (Fsp3) is 0.286. The normalized spacial score (nSPS) is 10.6. The Hall–Kier alpha value is -2.10. The Bertz CT molecular complexity index is 572. The van der Waals surface area contributed by atoms with Crippen LogP contribution in [0.3, 0.4) is 0 Å². The molecule has 0 saturated carbocycles. The molecule has 18 heavy (non-hydrogen) atoms. The van der Waals surface area contributed by atoms with Gasteiger partial charge in [-0.05, 0) is 31.4 Å². The summed E-state index contributed by atoms with van der Waals surface area (Å²) >= 11 is 0. The van der Waals surface area contributed by atoms with Crippen LogP contribution in [0.15, 0.2) is 28.8 Å². The van der Waals surface area contributed by atoms with E-state index in [9.17, 15) is 4.79 Å². The molecular weight excluding hydrogens is 230 g/mol. The van der Waals surface area contributed by atoms with Gasteiger partial charge in [0.1, 0.15) is 0 Å². The second-order valence-corrected chi connectivity index (χ2v) is 4.35. The molecule has 0 aliphatic rings. The van der Waals surface area contributed by atoms with E-state index in [4.69, 9.17) is 9.52 Å². The topological polar surface area (TPSA) is 63.3 Å². The lowest BCUT2D eigenvalue weighted by Crippen LogP contribution is -1.95. The Morgan fingerprint density at radius 2 is 2.11 bits per heavy atom. The SMILES string of the molecule is Cc1ccc(C)c(CCc2ncc(C(=O)O)o2)c1. The molecule has 1 aromatic heterocycles. The van der Waals surface area contributed by atoms with Gasteiger partial charge in [0.25, 0.3) is 0 Å². The fourth-order valence-corrected chi connectivity index (χ4v) is 1.84. The van der Waals surface area contributed by atoms with E-state index in [-0.39, 0.29) is 5.76 Å². The summed E-state index contributed by atoms with van der Waals surface area (Å²) in [6.45, 7) is 4.11. The Morgan fingerprint density at radius 1 is 1.33 bits per heavy atom. The van der Waals surface area contributed by atoms with Gasteiger partial charge in [0.2, 0.25) is 5.76 Å². The van der Waals surface area contributed by atoms with Crippen LogP contribution in [0.1, 0.15) is 33.1 Å². The zero-order valence-corrected chi connectivity index (χ0v) is 10.4. The Labute approximate surface area is 105 Å². The maximum Gasteiger partial charge on any atom is 0.373 e. The molecule has 0 atom stereocenters. The minimum Gasteiger partial charge on any atom is -0.475 e. The number of hydrogen-bond donors (Lipinski definition) is 1. The highest BCUT2D eigenvalue weighted by atomic mass is 16.4. The summed E-state index contributed by atoms with van der Waals surface area (Å²) in [5.74, 6) is -0.722.